The van der Waals surface area contributed by atoms with Crippen molar-refractivity contribution in [2.75, 3.05) is 4.72 Å². The lowest BCUT2D eigenvalue weighted by atomic mass is 10.1. The van der Waals surface area contributed by atoms with Crippen molar-refractivity contribution in [2.45, 2.75) is 24.5 Å². The minimum absolute atomic E-state index is 0.173. The van der Waals surface area contributed by atoms with E-state index in [4.69, 9.17) is 0 Å². The van der Waals surface area contributed by atoms with Gasteiger partial charge in [0, 0.05) is 5.92 Å². The number of nitrogens with one attached hydrogen (secondary N) is 1. The van der Waals surface area contributed by atoms with Crippen molar-refractivity contribution in [2.24, 2.45) is 0 Å². The standard InChI is InChI=1S/C19H18FN3O2S/c1-13-18(12-23(21-13)16-8-3-2-4-9-16)22-26(24,25)19-11-17(19)14-6-5-7-15(20)10-14/h2-10,12,17,19,22H,11H2,1H3. The van der Waals surface area contributed by atoms with Crippen molar-refractivity contribution in [3.05, 3.63) is 77.9 Å². The van der Waals surface area contributed by atoms with Crippen LogP contribution in [0.2, 0.25) is 0 Å². The smallest absolute Gasteiger partial charge is 0.236 e. The summed E-state index contributed by atoms with van der Waals surface area (Å²) in [5.41, 5.74) is 2.63. The number of hydrogen-bond donors (Lipinski definition) is 1. The summed E-state index contributed by atoms with van der Waals surface area (Å²) in [6, 6.07) is 15.6. The zero-order chi connectivity index (χ0) is 18.3. The topological polar surface area (TPSA) is 64.0 Å². The minimum Gasteiger partial charge on any atom is -0.280 e. The Morgan fingerprint density at radius 3 is 2.65 bits per heavy atom. The lowest BCUT2D eigenvalue weighted by Crippen LogP contribution is -2.19. The highest BCUT2D eigenvalue weighted by atomic mass is 32.2. The van der Waals surface area contributed by atoms with Gasteiger partial charge in [0.2, 0.25) is 10.0 Å². The van der Waals surface area contributed by atoms with E-state index in [1.54, 1.807) is 29.9 Å². The maximum Gasteiger partial charge on any atom is 0.236 e. The molecule has 4 rings (SSSR count). The number of nitrogens with zero attached hydrogens (tertiary/aromatic N) is 2. The van der Waals surface area contributed by atoms with Gasteiger partial charge in [-0.2, -0.15) is 5.10 Å². The van der Waals surface area contributed by atoms with Crippen molar-refractivity contribution >= 4 is 15.7 Å². The Labute approximate surface area is 151 Å². The van der Waals surface area contributed by atoms with Crippen molar-refractivity contribution < 1.29 is 12.8 Å². The molecule has 3 aromatic rings. The summed E-state index contributed by atoms with van der Waals surface area (Å²) < 4.78 is 43.0. The van der Waals surface area contributed by atoms with E-state index in [-0.39, 0.29) is 11.7 Å². The average molecular weight is 371 g/mol. The van der Waals surface area contributed by atoms with E-state index < -0.39 is 15.3 Å². The van der Waals surface area contributed by atoms with Gasteiger partial charge in [-0.25, -0.2) is 17.5 Å². The fourth-order valence-electron chi connectivity index (χ4n) is 3.10. The molecule has 0 spiro atoms. The molecule has 1 heterocycles. The fourth-order valence-corrected chi connectivity index (χ4v) is 4.81. The third-order valence-electron chi connectivity index (χ3n) is 4.58. The molecule has 2 atom stereocenters. The Morgan fingerprint density at radius 1 is 1.15 bits per heavy atom. The summed E-state index contributed by atoms with van der Waals surface area (Å²) in [5, 5.41) is 3.82. The lowest BCUT2D eigenvalue weighted by molar-refractivity contribution is 0.598. The molecule has 1 N–H and O–H groups in total. The second-order valence-electron chi connectivity index (χ2n) is 6.49. The van der Waals surface area contributed by atoms with E-state index in [1.807, 2.05) is 30.3 Å². The number of para-hydroxylation sites is 1. The number of hydrogen-bond acceptors (Lipinski definition) is 3. The second kappa shape index (κ2) is 6.25. The Kier molecular flexibility index (Phi) is 4.03. The molecule has 7 heteroatoms. The molecular formula is C19H18FN3O2S. The zero-order valence-corrected chi connectivity index (χ0v) is 14.9. The number of aryl methyl sites for hydroxylation is 1. The van der Waals surface area contributed by atoms with Crippen LogP contribution in [0, 0.1) is 12.7 Å². The normalized spacial score (nSPS) is 19.3. The van der Waals surface area contributed by atoms with Gasteiger partial charge in [-0.3, -0.25) is 4.72 Å². The van der Waals surface area contributed by atoms with Crippen molar-refractivity contribution in [1.29, 1.82) is 0 Å². The highest BCUT2D eigenvalue weighted by molar-refractivity contribution is 7.93. The van der Waals surface area contributed by atoms with Crippen LogP contribution in [0.4, 0.5) is 10.1 Å². The first-order valence-corrected chi connectivity index (χ1v) is 9.87. The second-order valence-corrected chi connectivity index (χ2v) is 8.39. The van der Waals surface area contributed by atoms with Crippen molar-refractivity contribution in [3.63, 3.8) is 0 Å². The van der Waals surface area contributed by atoms with Crippen LogP contribution in [-0.2, 0) is 10.0 Å². The summed E-state index contributed by atoms with van der Waals surface area (Å²) in [7, 11) is -3.57. The molecule has 2 aromatic carbocycles. The van der Waals surface area contributed by atoms with Crippen molar-refractivity contribution in [1.82, 2.24) is 9.78 Å². The molecule has 0 saturated heterocycles. The predicted molar refractivity (Wildman–Crippen MR) is 98.4 cm³/mol. The van der Waals surface area contributed by atoms with E-state index in [0.717, 1.165) is 11.3 Å². The maximum atomic E-state index is 13.4. The SMILES string of the molecule is Cc1nn(-c2ccccc2)cc1NS(=O)(=O)C1CC1c1cccc(F)c1. The number of halogens is 1. The minimum atomic E-state index is -3.57. The summed E-state index contributed by atoms with van der Waals surface area (Å²) in [6.07, 6.45) is 2.16. The van der Waals surface area contributed by atoms with E-state index in [9.17, 15) is 12.8 Å². The zero-order valence-electron chi connectivity index (χ0n) is 14.1. The molecular weight excluding hydrogens is 353 g/mol. The third kappa shape index (κ3) is 3.22. The highest BCUT2D eigenvalue weighted by Crippen LogP contribution is 2.46. The first-order valence-electron chi connectivity index (χ1n) is 8.33. The monoisotopic (exact) mass is 371 g/mol. The molecule has 5 nitrogen and oxygen atoms in total. The molecule has 1 fully saturated rings. The van der Waals surface area contributed by atoms with Crippen molar-refractivity contribution in [3.8, 4) is 5.69 Å². The van der Waals surface area contributed by atoms with Crippen LogP contribution in [0.3, 0.4) is 0 Å². The Bertz CT molecular complexity index is 1050. The molecule has 1 aliphatic rings. The number of rotatable bonds is 5. The highest BCUT2D eigenvalue weighted by Gasteiger charge is 2.48. The molecule has 26 heavy (non-hydrogen) atoms. The quantitative estimate of drug-likeness (QED) is 0.745. The molecule has 0 aliphatic heterocycles. The molecule has 2 unspecified atom stereocenters. The summed E-state index contributed by atoms with van der Waals surface area (Å²) in [6.45, 7) is 1.76. The van der Waals surface area contributed by atoms with Crippen LogP contribution >= 0.6 is 0 Å². The first kappa shape index (κ1) is 16.8. The third-order valence-corrected chi connectivity index (χ3v) is 6.40. The number of benzene rings is 2. The van der Waals surface area contributed by atoms with Gasteiger partial charge in [-0.15, -0.1) is 0 Å². The van der Waals surface area contributed by atoms with Gasteiger partial charge in [0.05, 0.1) is 28.5 Å². The Balaban J connectivity index is 1.53. The predicted octanol–water partition coefficient (Wildman–Crippen LogP) is 3.62. The largest absolute Gasteiger partial charge is 0.280 e. The number of sulfonamides is 1. The van der Waals surface area contributed by atoms with Crippen LogP contribution in [0.5, 0.6) is 0 Å². The summed E-state index contributed by atoms with van der Waals surface area (Å²) in [4.78, 5) is 0. The number of aromatic nitrogens is 2. The van der Waals surface area contributed by atoms with Gasteiger partial charge in [0.15, 0.2) is 0 Å². The molecule has 0 radical (unpaired) electrons. The first-order chi connectivity index (χ1) is 12.4. The maximum absolute atomic E-state index is 13.4. The molecule has 1 aromatic heterocycles. The molecule has 0 amide bonds. The van der Waals surface area contributed by atoms with Gasteiger partial charge in [0.1, 0.15) is 5.82 Å². The Morgan fingerprint density at radius 2 is 1.92 bits per heavy atom. The molecule has 1 saturated carbocycles. The lowest BCUT2D eigenvalue weighted by Gasteiger charge is -2.07. The van der Waals surface area contributed by atoms with Crippen LogP contribution in [0.25, 0.3) is 5.69 Å². The van der Waals surface area contributed by atoms with E-state index in [2.05, 4.69) is 9.82 Å². The fraction of sp³-hybridized carbons (Fsp3) is 0.211. The average Bonchev–Trinajstić information content (AvgIpc) is 3.36. The van der Waals surface area contributed by atoms with Gasteiger partial charge < -0.3 is 0 Å². The van der Waals surface area contributed by atoms with Gasteiger partial charge >= 0.3 is 0 Å². The summed E-state index contributed by atoms with van der Waals surface area (Å²) >= 11 is 0. The van der Waals surface area contributed by atoms with Gasteiger partial charge in [-0.05, 0) is 43.2 Å². The van der Waals surface area contributed by atoms with E-state index >= 15 is 0 Å². The van der Waals surface area contributed by atoms with Gasteiger partial charge in [-0.1, -0.05) is 30.3 Å². The summed E-state index contributed by atoms with van der Waals surface area (Å²) in [5.74, 6) is -0.522. The van der Waals surface area contributed by atoms with Crippen LogP contribution in [-0.4, -0.2) is 23.4 Å². The van der Waals surface area contributed by atoms with Crippen LogP contribution < -0.4 is 4.72 Å². The number of anilines is 1. The van der Waals surface area contributed by atoms with E-state index in [0.29, 0.717) is 17.8 Å². The van der Waals surface area contributed by atoms with Gasteiger partial charge in [0.25, 0.3) is 0 Å². The Hall–Kier alpha value is -2.67. The van der Waals surface area contributed by atoms with E-state index in [1.165, 1.54) is 12.1 Å². The van der Waals surface area contributed by atoms with Crippen LogP contribution in [0.1, 0.15) is 23.6 Å². The molecule has 0 bridgehead atoms. The molecule has 1 aliphatic carbocycles. The van der Waals surface area contributed by atoms with Crippen LogP contribution in [0.15, 0.2) is 60.8 Å². The molecule has 134 valence electrons.